The Kier molecular flexibility index (Phi) is 37.7. The fourth-order valence-corrected chi connectivity index (χ4v) is 10.2. The maximum atomic E-state index is 13.6. The number of aliphatic hydroxyl groups excluding tert-OH is 11. The lowest BCUT2D eigenvalue weighted by molar-refractivity contribution is -0.344. The van der Waals surface area contributed by atoms with Gasteiger partial charge in [0.25, 0.3) is 11.7 Å². The summed E-state index contributed by atoms with van der Waals surface area (Å²) in [5, 5.41) is 132. The summed E-state index contributed by atoms with van der Waals surface area (Å²) in [4.78, 5) is 38.5. The first kappa shape index (κ1) is 71.9. The number of hydrogen-bond donors (Lipinski definition) is 15. The zero-order valence-electron chi connectivity index (χ0n) is 47.4. The molecule has 16 N–H and O–H groups in total. The Balaban J connectivity index is 2.12. The first-order valence-corrected chi connectivity index (χ1v) is 29.8. The molecule has 0 aromatic rings. The first-order chi connectivity index (χ1) is 37.3. The van der Waals surface area contributed by atoms with Crippen LogP contribution >= 0.6 is 0 Å². The van der Waals surface area contributed by atoms with E-state index in [0.29, 0.717) is 18.8 Å². The van der Waals surface area contributed by atoms with Gasteiger partial charge in [-0.1, -0.05) is 194 Å². The Labute approximate surface area is 464 Å². The fourth-order valence-electron chi connectivity index (χ4n) is 10.2. The van der Waals surface area contributed by atoms with Gasteiger partial charge < -0.3 is 96.6 Å². The van der Waals surface area contributed by atoms with Gasteiger partial charge in [0.15, 0.2) is 12.5 Å². The van der Waals surface area contributed by atoms with Gasteiger partial charge in [-0.3, -0.25) is 9.59 Å². The van der Waals surface area contributed by atoms with E-state index >= 15 is 0 Å². The van der Waals surface area contributed by atoms with Crippen molar-refractivity contribution in [1.29, 1.82) is 0 Å². The second-order valence-electron chi connectivity index (χ2n) is 22.3. The number of amides is 2. The Morgan fingerprint density at radius 1 is 0.667 bits per heavy atom. The van der Waals surface area contributed by atoms with Crippen LogP contribution in [0.1, 0.15) is 213 Å². The SMILES string of the molecule is CCCCCCCCCCCCCCCCCCCC[C@@H](O)C(=O)NC(O[C@@H]1O[C@H](CO[C@]2(C(=O)O)C[C@H](O)[C@@H](NC(=O)CO)[C@H]([C@H](O)[C@H](O)CO)O2)[C@@H](O)[C@H](O)[C@H]1O)[C@@H](N)[C@H](O)[C@H](O)CCCCCCCCCC(C)CC. The summed E-state index contributed by atoms with van der Waals surface area (Å²) in [5.41, 5.74) is 6.48. The summed E-state index contributed by atoms with van der Waals surface area (Å²) in [7, 11) is 0. The molecule has 2 saturated heterocycles. The molecule has 0 saturated carbocycles. The molecule has 17 atom stereocenters. The average Bonchev–Trinajstić information content (AvgIpc) is 3.43. The van der Waals surface area contributed by atoms with E-state index in [1.807, 2.05) is 0 Å². The van der Waals surface area contributed by atoms with Crippen molar-refractivity contribution in [2.75, 3.05) is 19.8 Å². The lowest BCUT2D eigenvalue weighted by Gasteiger charge is -2.47. The fraction of sp³-hybridized carbons (Fsp3) is 0.946. The Morgan fingerprint density at radius 2 is 1.15 bits per heavy atom. The molecule has 0 bridgehead atoms. The highest BCUT2D eigenvalue weighted by Gasteiger charge is 2.57. The van der Waals surface area contributed by atoms with Crippen molar-refractivity contribution >= 4 is 17.8 Å². The van der Waals surface area contributed by atoms with Crippen LogP contribution < -0.4 is 16.4 Å². The van der Waals surface area contributed by atoms with Gasteiger partial charge in [0.2, 0.25) is 5.91 Å². The lowest BCUT2D eigenvalue weighted by Crippen LogP contribution is -2.69. The van der Waals surface area contributed by atoms with E-state index in [0.717, 1.165) is 70.6 Å². The van der Waals surface area contributed by atoms with Gasteiger partial charge in [0.1, 0.15) is 55.4 Å². The van der Waals surface area contributed by atoms with Gasteiger partial charge in [0.05, 0.1) is 43.6 Å². The summed E-state index contributed by atoms with van der Waals surface area (Å²) in [5.74, 6) is -6.18. The third-order valence-corrected chi connectivity index (χ3v) is 15.7. The molecule has 460 valence electrons. The van der Waals surface area contributed by atoms with E-state index in [9.17, 15) is 75.7 Å². The molecular weight excluding hydrogens is 1020 g/mol. The minimum absolute atomic E-state index is 0.0654. The van der Waals surface area contributed by atoms with E-state index in [2.05, 4.69) is 31.4 Å². The summed E-state index contributed by atoms with van der Waals surface area (Å²) < 4.78 is 22.9. The Morgan fingerprint density at radius 3 is 1.63 bits per heavy atom. The molecule has 22 nitrogen and oxygen atoms in total. The van der Waals surface area contributed by atoms with Crippen molar-refractivity contribution in [3.8, 4) is 0 Å². The maximum absolute atomic E-state index is 13.6. The molecule has 2 unspecified atom stereocenters. The molecular formula is C56H107N3O19. The van der Waals surface area contributed by atoms with Crippen molar-refractivity contribution in [2.24, 2.45) is 11.7 Å². The first-order valence-electron chi connectivity index (χ1n) is 29.8. The molecule has 0 spiro atoms. The maximum Gasteiger partial charge on any atom is 0.364 e. The number of aliphatic carboxylic acids is 1. The normalized spacial score (nSPS) is 26.8. The standard InChI is InChI=1S/C56H107N3O19/c1-4-6-7-8-9-10-11-12-13-14-15-16-17-18-19-22-26-29-32-39(63)52(72)59-53(44(57)46(67)38(62)31-28-25-23-20-21-24-27-30-37(3)5-2)77-54-50(71)49(70)48(69)42(76-54)36-75-56(55(73)74)33-40(64)45(58-43(66)35-61)51(78-56)47(68)41(65)34-60/h37-42,44-51,53-54,60-65,67-71H,4-36,57H2,1-3H3,(H,58,66)(H,59,72)(H,73,74)/t37?,38-,39-,40+,41-,42-,44+,45-,46-,47-,48-,49+,50-,51-,53?,54+,56-/m1/s1. The molecule has 0 aromatic carbocycles. The van der Waals surface area contributed by atoms with Crippen molar-refractivity contribution < 1.29 is 94.6 Å². The number of rotatable bonds is 46. The van der Waals surface area contributed by atoms with Crippen LogP contribution in [-0.4, -0.2) is 196 Å². The van der Waals surface area contributed by atoms with Gasteiger partial charge >= 0.3 is 5.97 Å². The predicted molar refractivity (Wildman–Crippen MR) is 290 cm³/mol. The van der Waals surface area contributed by atoms with E-state index < -0.39 is 142 Å². The third-order valence-electron chi connectivity index (χ3n) is 15.7. The van der Waals surface area contributed by atoms with Gasteiger partial charge in [0, 0.05) is 6.42 Å². The van der Waals surface area contributed by atoms with Crippen LogP contribution in [0.2, 0.25) is 0 Å². The number of aliphatic hydroxyl groups is 11. The molecule has 2 amide bonds. The smallest absolute Gasteiger partial charge is 0.364 e. The van der Waals surface area contributed by atoms with Crippen LogP contribution in [-0.2, 0) is 33.3 Å². The highest BCUT2D eigenvalue weighted by molar-refractivity contribution is 5.80. The topological polar surface area (TPSA) is 381 Å². The van der Waals surface area contributed by atoms with Gasteiger partial charge in [-0.2, -0.15) is 0 Å². The number of nitrogens with two attached hydrogens (primary N) is 1. The predicted octanol–water partition coefficient (Wildman–Crippen LogP) is 2.79. The van der Waals surface area contributed by atoms with Crippen LogP contribution in [0.15, 0.2) is 0 Å². The minimum Gasteiger partial charge on any atom is -0.477 e. The van der Waals surface area contributed by atoms with Crippen molar-refractivity contribution in [3.63, 3.8) is 0 Å². The molecule has 78 heavy (non-hydrogen) atoms. The molecule has 2 aliphatic heterocycles. The largest absolute Gasteiger partial charge is 0.477 e. The van der Waals surface area contributed by atoms with Crippen LogP contribution in [0.5, 0.6) is 0 Å². The van der Waals surface area contributed by atoms with Crippen molar-refractivity contribution in [2.45, 2.75) is 311 Å². The van der Waals surface area contributed by atoms with E-state index in [-0.39, 0.29) is 12.8 Å². The second kappa shape index (κ2) is 40.9. The van der Waals surface area contributed by atoms with Crippen LogP contribution in [0.3, 0.4) is 0 Å². The van der Waals surface area contributed by atoms with Crippen molar-refractivity contribution in [3.05, 3.63) is 0 Å². The number of carboxylic acid groups (broad SMARTS) is 1. The average molecular weight is 1130 g/mol. The zero-order valence-corrected chi connectivity index (χ0v) is 47.4. The second-order valence-corrected chi connectivity index (χ2v) is 22.3. The molecule has 2 heterocycles. The summed E-state index contributed by atoms with van der Waals surface area (Å²) >= 11 is 0. The number of nitrogens with one attached hydrogen (secondary N) is 2. The van der Waals surface area contributed by atoms with Crippen LogP contribution in [0.4, 0.5) is 0 Å². The Bertz CT molecular complexity index is 1580. The third kappa shape index (κ3) is 26.3. The molecule has 0 radical (unpaired) electrons. The molecule has 22 heteroatoms. The number of carbonyl (C=O) groups is 3. The lowest BCUT2D eigenvalue weighted by atomic mass is 9.88. The Hall–Kier alpha value is -2.23. The minimum atomic E-state index is -2.94. The molecule has 2 aliphatic rings. The molecule has 2 fully saturated rings. The molecule has 2 rings (SSSR count). The van der Waals surface area contributed by atoms with E-state index in [1.54, 1.807) is 0 Å². The van der Waals surface area contributed by atoms with Crippen molar-refractivity contribution in [1.82, 2.24) is 10.6 Å². The monoisotopic (exact) mass is 1130 g/mol. The quantitative estimate of drug-likeness (QED) is 0.0308. The number of unbranched alkanes of at least 4 members (excludes halogenated alkanes) is 23. The van der Waals surface area contributed by atoms with Crippen LogP contribution in [0.25, 0.3) is 0 Å². The highest BCUT2D eigenvalue weighted by Crippen LogP contribution is 2.35. The van der Waals surface area contributed by atoms with Gasteiger partial charge in [-0.25, -0.2) is 4.79 Å². The summed E-state index contributed by atoms with van der Waals surface area (Å²) in [6.45, 7) is 3.50. The van der Waals surface area contributed by atoms with E-state index in [1.165, 1.54) is 89.9 Å². The highest BCUT2D eigenvalue weighted by atomic mass is 16.7. The number of carbonyl (C=O) groups excluding carboxylic acids is 2. The number of carboxylic acids is 1. The van der Waals surface area contributed by atoms with Gasteiger partial charge in [-0.15, -0.1) is 0 Å². The van der Waals surface area contributed by atoms with Gasteiger partial charge in [-0.05, 0) is 18.8 Å². The number of hydrogen-bond acceptors (Lipinski definition) is 19. The summed E-state index contributed by atoms with van der Waals surface area (Å²) in [6.07, 6.45) is 4.70. The molecule has 0 aliphatic carbocycles. The zero-order chi connectivity index (χ0) is 58.0. The van der Waals surface area contributed by atoms with Crippen LogP contribution in [0, 0.1) is 5.92 Å². The molecule has 0 aromatic heterocycles. The summed E-state index contributed by atoms with van der Waals surface area (Å²) in [6, 6.07) is -3.31. The number of ether oxygens (including phenoxy) is 4. The van der Waals surface area contributed by atoms with E-state index in [4.69, 9.17) is 24.7 Å².